The van der Waals surface area contributed by atoms with Crippen LogP contribution in [-0.4, -0.2) is 23.3 Å². The van der Waals surface area contributed by atoms with Crippen LogP contribution in [0.15, 0.2) is 29.2 Å². The zero-order valence-electron chi connectivity index (χ0n) is 11.9. The van der Waals surface area contributed by atoms with Crippen LogP contribution in [0.4, 0.5) is 5.82 Å². The number of aliphatic hydroxyl groups excluding tert-OH is 1. The summed E-state index contributed by atoms with van der Waals surface area (Å²) < 4.78 is 28.6. The lowest BCUT2D eigenvalue weighted by molar-refractivity contribution is 0.281. The number of aryl methyl sites for hydroxylation is 1. The van der Waals surface area contributed by atoms with E-state index in [0.717, 1.165) is 11.1 Å². The molecule has 0 radical (unpaired) electrons. The van der Waals surface area contributed by atoms with Crippen LogP contribution in [0.25, 0.3) is 0 Å². The SMILES string of the molecule is Cc1c(S(=O)(=O)NCc2cccc(CO)c2)c(N)nn1C. The summed E-state index contributed by atoms with van der Waals surface area (Å²) in [6.07, 6.45) is 0. The van der Waals surface area contributed by atoms with E-state index < -0.39 is 10.0 Å². The van der Waals surface area contributed by atoms with E-state index in [2.05, 4.69) is 9.82 Å². The topological polar surface area (TPSA) is 110 Å². The van der Waals surface area contributed by atoms with E-state index in [1.54, 1.807) is 38.2 Å². The maximum atomic E-state index is 12.3. The predicted octanol–water partition coefficient (Wildman–Crippen LogP) is 0.282. The third-order valence-corrected chi connectivity index (χ3v) is 4.78. The van der Waals surface area contributed by atoms with Crippen molar-refractivity contribution in [3.8, 4) is 0 Å². The standard InChI is InChI=1S/C13H18N4O3S/c1-9-12(13(14)16-17(9)2)21(19,20)15-7-10-4-3-5-11(6-10)8-18/h3-6,15,18H,7-8H2,1-2H3,(H2,14,16). The highest BCUT2D eigenvalue weighted by Crippen LogP contribution is 2.21. The number of benzene rings is 1. The summed E-state index contributed by atoms with van der Waals surface area (Å²) in [5, 5.41) is 13.0. The molecule has 0 aliphatic rings. The number of hydrogen-bond donors (Lipinski definition) is 3. The van der Waals surface area contributed by atoms with Gasteiger partial charge in [-0.05, 0) is 18.1 Å². The Morgan fingerprint density at radius 2 is 2.05 bits per heavy atom. The summed E-state index contributed by atoms with van der Waals surface area (Å²) in [5.41, 5.74) is 7.62. The van der Waals surface area contributed by atoms with Gasteiger partial charge in [-0.3, -0.25) is 4.68 Å². The Kier molecular flexibility index (Phi) is 4.31. The van der Waals surface area contributed by atoms with Gasteiger partial charge in [0, 0.05) is 13.6 Å². The quantitative estimate of drug-likeness (QED) is 0.735. The van der Waals surface area contributed by atoms with Crippen molar-refractivity contribution in [1.82, 2.24) is 14.5 Å². The zero-order valence-corrected chi connectivity index (χ0v) is 12.7. The molecule has 0 saturated carbocycles. The molecule has 1 aromatic carbocycles. The van der Waals surface area contributed by atoms with Crippen LogP contribution in [0, 0.1) is 6.92 Å². The highest BCUT2D eigenvalue weighted by Gasteiger charge is 2.24. The second-order valence-corrected chi connectivity index (χ2v) is 6.43. The summed E-state index contributed by atoms with van der Waals surface area (Å²) in [5.74, 6) is -0.0217. The van der Waals surface area contributed by atoms with E-state index in [0.29, 0.717) is 5.69 Å². The largest absolute Gasteiger partial charge is 0.392 e. The molecule has 0 atom stereocenters. The fourth-order valence-electron chi connectivity index (χ4n) is 2.03. The Labute approximate surface area is 123 Å². The lowest BCUT2D eigenvalue weighted by atomic mass is 10.1. The molecule has 0 unspecified atom stereocenters. The fraction of sp³-hybridized carbons (Fsp3) is 0.308. The Hall–Kier alpha value is -1.90. The maximum absolute atomic E-state index is 12.3. The highest BCUT2D eigenvalue weighted by molar-refractivity contribution is 7.89. The monoisotopic (exact) mass is 310 g/mol. The Balaban J connectivity index is 2.22. The van der Waals surface area contributed by atoms with Crippen LogP contribution in [0.3, 0.4) is 0 Å². The number of sulfonamides is 1. The van der Waals surface area contributed by atoms with E-state index >= 15 is 0 Å². The number of nitrogen functional groups attached to an aromatic ring is 1. The predicted molar refractivity (Wildman–Crippen MR) is 78.7 cm³/mol. The number of nitrogens with one attached hydrogen (secondary N) is 1. The van der Waals surface area contributed by atoms with Gasteiger partial charge in [0.05, 0.1) is 12.3 Å². The third-order valence-electron chi connectivity index (χ3n) is 3.21. The average molecular weight is 310 g/mol. The molecule has 0 spiro atoms. The van der Waals surface area contributed by atoms with Gasteiger partial charge in [-0.15, -0.1) is 0 Å². The Morgan fingerprint density at radius 3 is 2.62 bits per heavy atom. The van der Waals surface area contributed by atoms with E-state index in [-0.39, 0.29) is 23.9 Å². The summed E-state index contributed by atoms with van der Waals surface area (Å²) in [6.45, 7) is 1.67. The smallest absolute Gasteiger partial charge is 0.246 e. The van der Waals surface area contributed by atoms with Gasteiger partial charge in [0.15, 0.2) is 5.82 Å². The van der Waals surface area contributed by atoms with Gasteiger partial charge < -0.3 is 10.8 Å². The molecule has 8 heteroatoms. The molecular formula is C13H18N4O3S. The molecule has 0 bridgehead atoms. The van der Waals surface area contributed by atoms with Crippen molar-refractivity contribution in [2.24, 2.45) is 7.05 Å². The minimum absolute atomic E-state index is 0.00307. The van der Waals surface area contributed by atoms with E-state index in [4.69, 9.17) is 10.8 Å². The van der Waals surface area contributed by atoms with Crippen LogP contribution >= 0.6 is 0 Å². The lowest BCUT2D eigenvalue weighted by Crippen LogP contribution is -2.24. The molecule has 2 aromatic rings. The van der Waals surface area contributed by atoms with Crippen molar-refractivity contribution < 1.29 is 13.5 Å². The summed E-state index contributed by atoms with van der Waals surface area (Å²) >= 11 is 0. The van der Waals surface area contributed by atoms with Crippen molar-refractivity contribution in [2.75, 3.05) is 5.73 Å². The van der Waals surface area contributed by atoms with E-state index in [9.17, 15) is 8.42 Å². The number of nitrogens with two attached hydrogens (primary N) is 1. The number of hydrogen-bond acceptors (Lipinski definition) is 5. The fourth-order valence-corrected chi connectivity index (χ4v) is 3.37. The van der Waals surface area contributed by atoms with Gasteiger partial charge >= 0.3 is 0 Å². The second kappa shape index (κ2) is 5.84. The molecule has 0 saturated heterocycles. The molecule has 4 N–H and O–H groups in total. The van der Waals surface area contributed by atoms with Crippen molar-refractivity contribution in [3.05, 3.63) is 41.1 Å². The number of nitrogens with zero attached hydrogens (tertiary/aromatic N) is 2. The molecule has 1 aromatic heterocycles. The van der Waals surface area contributed by atoms with Crippen LogP contribution in [0.5, 0.6) is 0 Å². The Morgan fingerprint density at radius 1 is 1.38 bits per heavy atom. The van der Waals surface area contributed by atoms with Gasteiger partial charge in [0.2, 0.25) is 10.0 Å². The molecule has 0 aliphatic carbocycles. The first-order chi connectivity index (χ1) is 9.85. The summed E-state index contributed by atoms with van der Waals surface area (Å²) in [4.78, 5) is 0.00307. The van der Waals surface area contributed by atoms with Crippen LogP contribution in [-0.2, 0) is 30.2 Å². The first-order valence-corrected chi connectivity index (χ1v) is 7.81. The highest BCUT2D eigenvalue weighted by atomic mass is 32.2. The van der Waals surface area contributed by atoms with Crippen molar-refractivity contribution >= 4 is 15.8 Å². The minimum atomic E-state index is -3.74. The number of rotatable bonds is 5. The number of aliphatic hydroxyl groups is 1. The van der Waals surface area contributed by atoms with Crippen molar-refractivity contribution in [1.29, 1.82) is 0 Å². The molecule has 7 nitrogen and oxygen atoms in total. The molecular weight excluding hydrogens is 292 g/mol. The third kappa shape index (κ3) is 3.23. The molecule has 0 fully saturated rings. The molecule has 21 heavy (non-hydrogen) atoms. The van der Waals surface area contributed by atoms with Gasteiger partial charge in [0.1, 0.15) is 4.90 Å². The van der Waals surface area contributed by atoms with Gasteiger partial charge in [0.25, 0.3) is 0 Å². The molecule has 2 rings (SSSR count). The average Bonchev–Trinajstić information content (AvgIpc) is 2.71. The molecule has 0 amide bonds. The normalized spacial score (nSPS) is 11.8. The van der Waals surface area contributed by atoms with E-state index in [1.807, 2.05) is 0 Å². The van der Waals surface area contributed by atoms with Gasteiger partial charge in [-0.25, -0.2) is 13.1 Å². The first kappa shape index (κ1) is 15.5. The maximum Gasteiger partial charge on any atom is 0.246 e. The number of aromatic nitrogens is 2. The zero-order chi connectivity index (χ0) is 15.6. The van der Waals surface area contributed by atoms with Crippen LogP contribution < -0.4 is 10.5 Å². The van der Waals surface area contributed by atoms with Crippen LogP contribution in [0.1, 0.15) is 16.8 Å². The number of anilines is 1. The van der Waals surface area contributed by atoms with Crippen molar-refractivity contribution in [3.63, 3.8) is 0 Å². The van der Waals surface area contributed by atoms with Gasteiger partial charge in [-0.2, -0.15) is 5.10 Å². The van der Waals surface area contributed by atoms with Gasteiger partial charge in [-0.1, -0.05) is 24.3 Å². The van der Waals surface area contributed by atoms with Crippen molar-refractivity contribution in [2.45, 2.75) is 25.0 Å². The Bertz CT molecular complexity index is 753. The summed E-state index contributed by atoms with van der Waals surface area (Å²) in [7, 11) is -2.11. The minimum Gasteiger partial charge on any atom is -0.392 e. The van der Waals surface area contributed by atoms with Crippen LogP contribution in [0.2, 0.25) is 0 Å². The first-order valence-electron chi connectivity index (χ1n) is 6.32. The summed E-state index contributed by atoms with van der Waals surface area (Å²) in [6, 6.07) is 7.04. The van der Waals surface area contributed by atoms with E-state index in [1.165, 1.54) is 4.68 Å². The second-order valence-electron chi connectivity index (χ2n) is 4.73. The molecule has 114 valence electrons. The molecule has 0 aliphatic heterocycles. The molecule has 1 heterocycles. The lowest BCUT2D eigenvalue weighted by Gasteiger charge is -2.08.